The van der Waals surface area contributed by atoms with Crippen LogP contribution in [0.2, 0.25) is 0 Å². The lowest BCUT2D eigenvalue weighted by Gasteiger charge is -2.26. The van der Waals surface area contributed by atoms with E-state index in [1.54, 1.807) is 24.3 Å². The summed E-state index contributed by atoms with van der Waals surface area (Å²) < 4.78 is 43.3. The fourth-order valence-corrected chi connectivity index (χ4v) is 4.05. The highest BCUT2D eigenvalue weighted by Gasteiger charge is 2.31. The molecule has 1 unspecified atom stereocenters. The molecule has 1 saturated heterocycles. The van der Waals surface area contributed by atoms with Crippen LogP contribution < -0.4 is 15.2 Å². The maximum Gasteiger partial charge on any atom is 0.417 e. The van der Waals surface area contributed by atoms with Crippen molar-refractivity contribution in [3.63, 3.8) is 0 Å². The smallest absolute Gasteiger partial charge is 0.417 e. The Morgan fingerprint density at radius 2 is 2.03 bits per heavy atom. The molecule has 0 bridgehead atoms. The van der Waals surface area contributed by atoms with E-state index in [9.17, 15) is 28.2 Å². The van der Waals surface area contributed by atoms with Gasteiger partial charge in [-0.05, 0) is 30.3 Å². The number of aliphatic hydroxyl groups excluding tert-OH is 1. The van der Waals surface area contributed by atoms with Crippen LogP contribution in [0.15, 0.2) is 48.7 Å². The summed E-state index contributed by atoms with van der Waals surface area (Å²) in [5.74, 6) is 0.0278. The number of carbonyl (C=O) groups excluding carboxylic acids is 1. The number of fused-ring (bicyclic) bond motifs is 1. The molecule has 1 aliphatic heterocycles. The number of nitrogens with zero attached hydrogens (tertiary/aromatic N) is 2. The predicted octanol–water partition coefficient (Wildman–Crippen LogP) is 2.33. The van der Waals surface area contributed by atoms with Crippen LogP contribution in [0.5, 0.6) is 11.6 Å². The number of benzene rings is 1. The maximum absolute atomic E-state index is 12.6. The number of rotatable bonds is 4. The number of amides is 1. The summed E-state index contributed by atoms with van der Waals surface area (Å²) in [5, 5.41) is 24.7. The van der Waals surface area contributed by atoms with E-state index in [-0.39, 0.29) is 17.3 Å². The molecule has 7 nitrogen and oxygen atoms in total. The minimum Gasteiger partial charge on any atom is -0.843 e. The highest BCUT2D eigenvalue weighted by Crippen LogP contribution is 2.30. The van der Waals surface area contributed by atoms with Gasteiger partial charge in [0.05, 0.1) is 23.2 Å². The van der Waals surface area contributed by atoms with Gasteiger partial charge in [-0.3, -0.25) is 4.79 Å². The molecule has 0 spiro atoms. The minimum absolute atomic E-state index is 0.00327. The molecule has 3 heterocycles. The Morgan fingerprint density at radius 1 is 1.23 bits per heavy atom. The largest absolute Gasteiger partial charge is 0.843 e. The zero-order valence-electron chi connectivity index (χ0n) is 15.7. The van der Waals surface area contributed by atoms with Gasteiger partial charge in [0.1, 0.15) is 11.4 Å². The molecule has 0 saturated carbocycles. The number of nitrogens with one attached hydrogen (secondary N) is 1. The van der Waals surface area contributed by atoms with Crippen LogP contribution in [-0.4, -0.2) is 44.3 Å². The van der Waals surface area contributed by atoms with Crippen molar-refractivity contribution in [3.8, 4) is 11.6 Å². The van der Waals surface area contributed by atoms with Crippen molar-refractivity contribution in [2.45, 2.75) is 23.8 Å². The number of ether oxygens (including phenoxy) is 1. The van der Waals surface area contributed by atoms with E-state index >= 15 is 0 Å². The Hall–Kier alpha value is -2.89. The molecule has 1 aromatic carbocycles. The molecule has 0 aliphatic carbocycles. The first-order chi connectivity index (χ1) is 14.7. The van der Waals surface area contributed by atoms with Crippen LogP contribution in [0.1, 0.15) is 16.1 Å². The van der Waals surface area contributed by atoms with Gasteiger partial charge in [0.15, 0.2) is 0 Å². The van der Waals surface area contributed by atoms with Crippen LogP contribution in [0, 0.1) is 0 Å². The topological polar surface area (TPSA) is 107 Å². The minimum atomic E-state index is -4.48. The fourth-order valence-electron chi connectivity index (χ4n) is 2.99. The molecular weight excluding hydrogens is 435 g/mol. The molecule has 0 radical (unpaired) electrons. The molecule has 1 fully saturated rings. The molecular formula is C20H15F3N3O4S-. The Morgan fingerprint density at radius 3 is 2.68 bits per heavy atom. The summed E-state index contributed by atoms with van der Waals surface area (Å²) in [5.41, 5.74) is -1.46. The average Bonchev–Trinajstić information content (AvgIpc) is 3.05. The highest BCUT2D eigenvalue weighted by molar-refractivity contribution is 8.00. The third kappa shape index (κ3) is 4.73. The van der Waals surface area contributed by atoms with E-state index in [0.29, 0.717) is 22.8 Å². The Bertz CT molecular complexity index is 1100. The van der Waals surface area contributed by atoms with Crippen molar-refractivity contribution in [3.05, 3.63) is 59.9 Å². The first kappa shape index (κ1) is 21.3. The second kappa shape index (κ2) is 8.33. The van der Waals surface area contributed by atoms with Gasteiger partial charge in [-0.25, -0.2) is 9.97 Å². The van der Waals surface area contributed by atoms with Gasteiger partial charge in [0, 0.05) is 23.4 Å². The van der Waals surface area contributed by atoms with Crippen molar-refractivity contribution >= 4 is 28.6 Å². The van der Waals surface area contributed by atoms with Crippen LogP contribution >= 0.6 is 11.8 Å². The zero-order valence-corrected chi connectivity index (χ0v) is 16.5. The first-order valence-electron chi connectivity index (χ1n) is 9.09. The summed E-state index contributed by atoms with van der Waals surface area (Å²) >= 11 is 1.04. The predicted molar refractivity (Wildman–Crippen MR) is 105 cm³/mol. The molecule has 1 amide bonds. The maximum atomic E-state index is 12.6. The van der Waals surface area contributed by atoms with Gasteiger partial charge in [-0.15, -0.1) is 0 Å². The lowest BCUT2D eigenvalue weighted by Crippen LogP contribution is -2.50. The Kier molecular flexibility index (Phi) is 5.73. The van der Waals surface area contributed by atoms with Gasteiger partial charge in [0.25, 0.3) is 5.91 Å². The van der Waals surface area contributed by atoms with E-state index in [4.69, 9.17) is 4.74 Å². The Balaban J connectivity index is 1.48. The van der Waals surface area contributed by atoms with Gasteiger partial charge in [-0.1, -0.05) is 11.5 Å². The van der Waals surface area contributed by atoms with E-state index in [1.165, 1.54) is 6.07 Å². The van der Waals surface area contributed by atoms with E-state index in [0.717, 1.165) is 23.9 Å². The first-order valence-corrected chi connectivity index (χ1v) is 10.1. The quantitative estimate of drug-likeness (QED) is 0.628. The van der Waals surface area contributed by atoms with Crippen molar-refractivity contribution in [1.82, 2.24) is 15.3 Å². The normalized spacial score (nSPS) is 21.3. The third-order valence-electron chi connectivity index (χ3n) is 4.62. The summed E-state index contributed by atoms with van der Waals surface area (Å²) in [7, 11) is 0. The summed E-state index contributed by atoms with van der Waals surface area (Å²) in [4.78, 5) is 20.3. The average molecular weight is 450 g/mol. The monoisotopic (exact) mass is 450 g/mol. The number of carbonyl (C=O) groups is 1. The number of pyridine rings is 2. The van der Waals surface area contributed by atoms with Crippen LogP contribution in [0.3, 0.4) is 0 Å². The lowest BCUT2D eigenvalue weighted by molar-refractivity contribution is -0.391. The molecule has 4 rings (SSSR count). The lowest BCUT2D eigenvalue weighted by atomic mass is 10.1. The number of halogens is 3. The molecule has 2 aromatic heterocycles. The second-order valence-electron chi connectivity index (χ2n) is 6.80. The zero-order chi connectivity index (χ0) is 22.2. The summed E-state index contributed by atoms with van der Waals surface area (Å²) in [6.07, 6.45) is -4.70. The molecule has 11 heteroatoms. The van der Waals surface area contributed by atoms with Crippen LogP contribution in [-0.2, 0) is 6.18 Å². The number of aliphatic hydroxyl groups is 1. The van der Waals surface area contributed by atoms with Crippen molar-refractivity contribution in [2.24, 2.45) is 0 Å². The standard InChI is InChI=1S/C20H15F3N3O4S/c21-20(22,23)11-2-6-16(24-8-11)30-12-3-5-13-10(7-12)1-4-14(25-13)18(28)26-17-15(27)9-31-19(17)29/h1-8,15,17,19,27H,9H2,(H,26,28)/q-1/t15-,17-,19?/m1/s1. The SMILES string of the molecule is O=C(N[C@H]1C([O-])SC[C@H]1O)c1ccc2cc(Oc3ccc(C(F)(F)F)cn3)ccc2n1. The molecule has 1 aliphatic rings. The highest BCUT2D eigenvalue weighted by atomic mass is 32.2. The van der Waals surface area contributed by atoms with Crippen molar-refractivity contribution < 1.29 is 32.9 Å². The molecule has 3 aromatic rings. The molecule has 3 atom stereocenters. The second-order valence-corrected chi connectivity index (χ2v) is 7.94. The third-order valence-corrected chi connectivity index (χ3v) is 5.77. The van der Waals surface area contributed by atoms with E-state index in [2.05, 4.69) is 15.3 Å². The van der Waals surface area contributed by atoms with Gasteiger partial charge >= 0.3 is 6.18 Å². The molecule has 2 N–H and O–H groups in total. The molecule has 31 heavy (non-hydrogen) atoms. The summed E-state index contributed by atoms with van der Waals surface area (Å²) in [6.45, 7) is 0. The van der Waals surface area contributed by atoms with Gasteiger partial charge in [-0.2, -0.15) is 24.9 Å². The number of alkyl halides is 3. The summed E-state index contributed by atoms with van der Waals surface area (Å²) in [6, 6.07) is 8.94. The van der Waals surface area contributed by atoms with Gasteiger partial charge in [0.2, 0.25) is 5.88 Å². The van der Waals surface area contributed by atoms with E-state index < -0.39 is 35.2 Å². The number of hydrogen-bond donors (Lipinski definition) is 2. The van der Waals surface area contributed by atoms with E-state index in [1.807, 2.05) is 0 Å². The molecule has 162 valence electrons. The van der Waals surface area contributed by atoms with Crippen LogP contribution in [0.4, 0.5) is 13.2 Å². The number of thioether (sulfide) groups is 1. The van der Waals surface area contributed by atoms with Gasteiger partial charge < -0.3 is 20.3 Å². The Labute approximate surface area is 178 Å². The number of hydrogen-bond acceptors (Lipinski definition) is 7. The number of aromatic nitrogens is 2. The fraction of sp³-hybridized carbons (Fsp3) is 0.250. The van der Waals surface area contributed by atoms with Crippen molar-refractivity contribution in [1.29, 1.82) is 0 Å². The van der Waals surface area contributed by atoms with Crippen molar-refractivity contribution in [2.75, 3.05) is 5.75 Å². The van der Waals surface area contributed by atoms with Crippen LogP contribution in [0.25, 0.3) is 10.9 Å².